The molecule has 0 radical (unpaired) electrons. The normalized spacial score (nSPS) is 18.2. The lowest BCUT2D eigenvalue weighted by Crippen LogP contribution is -2.49. The third-order valence-corrected chi connectivity index (χ3v) is 5.70. The molecule has 10 heteroatoms. The van der Waals surface area contributed by atoms with Crippen LogP contribution in [0.25, 0.3) is 0 Å². The molecule has 1 aromatic carbocycles. The van der Waals surface area contributed by atoms with Gasteiger partial charge in [0.05, 0.1) is 16.7 Å². The van der Waals surface area contributed by atoms with Crippen LogP contribution >= 0.6 is 11.8 Å². The fourth-order valence-electron chi connectivity index (χ4n) is 2.89. The summed E-state index contributed by atoms with van der Waals surface area (Å²) in [5, 5.41) is 11.3. The van der Waals surface area contributed by atoms with Crippen LogP contribution < -0.4 is 4.72 Å². The van der Waals surface area contributed by atoms with E-state index >= 15 is 0 Å². The van der Waals surface area contributed by atoms with Gasteiger partial charge in [0, 0.05) is 41.4 Å². The Morgan fingerprint density at radius 3 is 2.69 bits per heavy atom. The van der Waals surface area contributed by atoms with Gasteiger partial charge in [0.15, 0.2) is 0 Å². The number of benzene rings is 1. The molecule has 1 heterocycles. The summed E-state index contributed by atoms with van der Waals surface area (Å²) >= 11 is 1.47. The molecule has 1 fully saturated rings. The van der Waals surface area contributed by atoms with E-state index in [4.69, 9.17) is 0 Å². The van der Waals surface area contributed by atoms with Crippen molar-refractivity contribution in [3.05, 3.63) is 33.9 Å². The van der Waals surface area contributed by atoms with Crippen molar-refractivity contribution in [2.45, 2.75) is 42.9 Å². The molecule has 8 nitrogen and oxygen atoms in total. The first-order valence-electron chi connectivity index (χ1n) is 8.28. The Kier molecular flexibility index (Phi) is 6.64. The van der Waals surface area contributed by atoms with Crippen LogP contribution in [0.3, 0.4) is 0 Å². The van der Waals surface area contributed by atoms with Crippen LogP contribution in [0, 0.1) is 10.1 Å². The number of nitrogens with one attached hydrogen (secondary N) is 1. The predicted octanol–water partition coefficient (Wildman–Crippen LogP) is 2.25. The van der Waals surface area contributed by atoms with E-state index in [0.717, 1.165) is 6.26 Å². The minimum Gasteiger partial charge on any atom is -0.337 e. The molecule has 0 saturated carbocycles. The van der Waals surface area contributed by atoms with E-state index in [1.807, 2.05) is 13.8 Å². The first kappa shape index (κ1) is 20.7. The van der Waals surface area contributed by atoms with Gasteiger partial charge in [-0.05, 0) is 18.9 Å². The van der Waals surface area contributed by atoms with Gasteiger partial charge in [0.25, 0.3) is 11.6 Å². The fraction of sp³-hybridized carbons (Fsp3) is 0.562. The molecular weight excluding hydrogens is 378 g/mol. The molecule has 1 atom stereocenters. The second kappa shape index (κ2) is 8.36. The van der Waals surface area contributed by atoms with E-state index < -0.39 is 14.9 Å². The molecule has 2 rings (SSSR count). The van der Waals surface area contributed by atoms with Crippen LogP contribution in [0.4, 0.5) is 5.69 Å². The van der Waals surface area contributed by atoms with Crippen LogP contribution in [-0.2, 0) is 10.0 Å². The molecule has 1 saturated heterocycles. The number of nitrogens with zero attached hydrogens (tertiary/aromatic N) is 2. The van der Waals surface area contributed by atoms with Gasteiger partial charge in [-0.2, -0.15) is 0 Å². The number of thioether (sulfide) groups is 1. The number of piperidine rings is 1. The molecule has 1 aliphatic heterocycles. The zero-order chi connectivity index (χ0) is 19.5. The Hall–Kier alpha value is -1.65. The van der Waals surface area contributed by atoms with E-state index in [2.05, 4.69) is 4.72 Å². The average Bonchev–Trinajstić information content (AvgIpc) is 2.52. The molecular formula is C16H23N3O5S2. The molecule has 0 unspecified atom stereocenters. The van der Waals surface area contributed by atoms with Crippen molar-refractivity contribution in [3.63, 3.8) is 0 Å². The van der Waals surface area contributed by atoms with Crippen molar-refractivity contribution >= 4 is 33.4 Å². The van der Waals surface area contributed by atoms with E-state index in [1.54, 1.807) is 11.0 Å². The van der Waals surface area contributed by atoms with E-state index in [-0.39, 0.29) is 35.0 Å². The third-order valence-electron chi connectivity index (χ3n) is 3.86. The molecule has 0 spiro atoms. The SMILES string of the molecule is CC(C)Sc1ccc([N+](=O)[O-])cc1C(=O)N1CCC[C@H](NS(C)(=O)=O)C1. The van der Waals surface area contributed by atoms with Gasteiger partial charge >= 0.3 is 0 Å². The van der Waals surface area contributed by atoms with Gasteiger partial charge in [-0.3, -0.25) is 14.9 Å². The topological polar surface area (TPSA) is 110 Å². The van der Waals surface area contributed by atoms with Gasteiger partial charge in [-0.1, -0.05) is 13.8 Å². The summed E-state index contributed by atoms with van der Waals surface area (Å²) in [4.78, 5) is 25.8. The zero-order valence-corrected chi connectivity index (χ0v) is 16.6. The maximum absolute atomic E-state index is 13.0. The maximum Gasteiger partial charge on any atom is 0.270 e. The Balaban J connectivity index is 2.28. The van der Waals surface area contributed by atoms with Crippen LogP contribution in [-0.4, -0.2) is 54.8 Å². The summed E-state index contributed by atoms with van der Waals surface area (Å²) in [6, 6.07) is 3.96. The van der Waals surface area contributed by atoms with Gasteiger partial charge in [-0.15, -0.1) is 11.8 Å². The maximum atomic E-state index is 13.0. The Morgan fingerprint density at radius 1 is 1.42 bits per heavy atom. The average molecular weight is 402 g/mol. The molecule has 1 aromatic rings. The highest BCUT2D eigenvalue weighted by Gasteiger charge is 2.28. The fourth-order valence-corrected chi connectivity index (χ4v) is 4.61. The van der Waals surface area contributed by atoms with Crippen molar-refractivity contribution in [2.24, 2.45) is 0 Å². The second-order valence-corrected chi connectivity index (χ2v) is 9.98. The minimum atomic E-state index is -3.36. The third kappa shape index (κ3) is 5.68. The summed E-state index contributed by atoms with van der Waals surface area (Å²) in [6.45, 7) is 4.70. The zero-order valence-electron chi connectivity index (χ0n) is 15.0. The molecule has 144 valence electrons. The van der Waals surface area contributed by atoms with Gasteiger partial charge in [0.2, 0.25) is 10.0 Å². The number of carbonyl (C=O) groups is 1. The number of sulfonamides is 1. The molecule has 1 aliphatic rings. The predicted molar refractivity (Wildman–Crippen MR) is 101 cm³/mol. The quantitative estimate of drug-likeness (QED) is 0.445. The highest BCUT2D eigenvalue weighted by Crippen LogP contribution is 2.31. The van der Waals surface area contributed by atoms with Crippen LogP contribution in [0.15, 0.2) is 23.1 Å². The van der Waals surface area contributed by atoms with Crippen molar-refractivity contribution in [1.82, 2.24) is 9.62 Å². The van der Waals surface area contributed by atoms with E-state index in [1.165, 1.54) is 23.9 Å². The molecule has 0 bridgehead atoms. The first-order valence-corrected chi connectivity index (χ1v) is 11.1. The number of likely N-dealkylation sites (tertiary alicyclic amines) is 1. The number of amides is 1. The van der Waals surface area contributed by atoms with Crippen LogP contribution in [0.1, 0.15) is 37.0 Å². The van der Waals surface area contributed by atoms with Crippen LogP contribution in [0.5, 0.6) is 0 Å². The Bertz CT molecular complexity index is 795. The van der Waals surface area contributed by atoms with Gasteiger partial charge in [0.1, 0.15) is 0 Å². The van der Waals surface area contributed by atoms with Crippen molar-refractivity contribution in [3.8, 4) is 0 Å². The van der Waals surface area contributed by atoms with E-state index in [0.29, 0.717) is 24.3 Å². The number of nitro benzene ring substituents is 1. The van der Waals surface area contributed by atoms with Crippen molar-refractivity contribution in [2.75, 3.05) is 19.3 Å². The standard InChI is InChI=1S/C16H23N3O5S2/c1-11(2)25-15-7-6-13(19(21)22)9-14(15)16(20)18-8-4-5-12(10-18)17-26(3,23)24/h6-7,9,11-12,17H,4-5,8,10H2,1-3H3/t12-/m0/s1. The lowest BCUT2D eigenvalue weighted by molar-refractivity contribution is -0.384. The summed E-state index contributed by atoms with van der Waals surface area (Å²) in [5.74, 6) is -0.308. The first-order chi connectivity index (χ1) is 12.1. The summed E-state index contributed by atoms with van der Waals surface area (Å²) in [5.41, 5.74) is 0.155. The Labute approximate surface area is 157 Å². The monoisotopic (exact) mass is 401 g/mol. The number of non-ortho nitro benzene ring substituents is 1. The molecule has 0 aromatic heterocycles. The summed E-state index contributed by atoms with van der Waals surface area (Å²) in [6.07, 6.45) is 2.41. The lowest BCUT2D eigenvalue weighted by atomic mass is 10.0. The van der Waals surface area contributed by atoms with Crippen molar-refractivity contribution in [1.29, 1.82) is 0 Å². The summed E-state index contributed by atoms with van der Waals surface area (Å²) < 4.78 is 25.4. The van der Waals surface area contributed by atoms with Gasteiger partial charge in [-0.25, -0.2) is 13.1 Å². The largest absolute Gasteiger partial charge is 0.337 e. The molecule has 26 heavy (non-hydrogen) atoms. The van der Waals surface area contributed by atoms with Crippen LogP contribution in [0.2, 0.25) is 0 Å². The Morgan fingerprint density at radius 2 is 2.12 bits per heavy atom. The van der Waals surface area contributed by atoms with Gasteiger partial charge < -0.3 is 4.90 Å². The van der Waals surface area contributed by atoms with E-state index in [9.17, 15) is 23.3 Å². The minimum absolute atomic E-state index is 0.135. The van der Waals surface area contributed by atoms with Crippen molar-refractivity contribution < 1.29 is 18.1 Å². The number of carbonyl (C=O) groups excluding carboxylic acids is 1. The number of nitro groups is 1. The molecule has 1 amide bonds. The summed E-state index contributed by atoms with van der Waals surface area (Å²) in [7, 11) is -3.36. The number of hydrogen-bond donors (Lipinski definition) is 1. The number of rotatable bonds is 6. The second-order valence-electron chi connectivity index (χ2n) is 6.58. The number of hydrogen-bond acceptors (Lipinski definition) is 6. The smallest absolute Gasteiger partial charge is 0.270 e. The highest BCUT2D eigenvalue weighted by molar-refractivity contribution is 8.00. The molecule has 0 aliphatic carbocycles. The molecule has 1 N–H and O–H groups in total. The lowest BCUT2D eigenvalue weighted by Gasteiger charge is -2.33. The highest BCUT2D eigenvalue weighted by atomic mass is 32.2.